The summed E-state index contributed by atoms with van der Waals surface area (Å²) < 4.78 is 0. The average molecular weight is 235 g/mol. The van der Waals surface area contributed by atoms with Gasteiger partial charge in [-0.2, -0.15) is 5.10 Å². The Bertz CT molecular complexity index is 374. The molecule has 5 heteroatoms. The molecule has 0 aromatic heterocycles. The number of fused-ring (bicyclic) bond motifs is 1. The highest BCUT2D eigenvalue weighted by Crippen LogP contribution is 2.28. The van der Waals surface area contributed by atoms with E-state index in [1.807, 2.05) is 0 Å². The lowest BCUT2D eigenvalue weighted by atomic mass is 9.89. The third-order valence-electron chi connectivity index (χ3n) is 4.06. The van der Waals surface area contributed by atoms with Gasteiger partial charge in [0.2, 0.25) is 5.91 Å². The fourth-order valence-corrected chi connectivity index (χ4v) is 3.05. The molecule has 2 aliphatic heterocycles. The molecule has 0 aromatic rings. The minimum atomic E-state index is -0.425. The van der Waals surface area contributed by atoms with E-state index < -0.39 is 6.04 Å². The smallest absolute Gasteiger partial charge is 0.254 e. The van der Waals surface area contributed by atoms with Gasteiger partial charge < -0.3 is 0 Å². The van der Waals surface area contributed by atoms with Crippen LogP contribution in [0.4, 0.5) is 0 Å². The van der Waals surface area contributed by atoms with Crippen molar-refractivity contribution in [2.24, 2.45) is 16.9 Å². The van der Waals surface area contributed by atoms with Crippen LogP contribution < -0.4 is 5.43 Å². The molecular weight excluding hydrogens is 218 g/mol. The summed E-state index contributed by atoms with van der Waals surface area (Å²) in [6.07, 6.45) is 7.60. The van der Waals surface area contributed by atoms with Crippen molar-refractivity contribution >= 4 is 18.0 Å². The van der Waals surface area contributed by atoms with Crippen LogP contribution in [-0.4, -0.2) is 35.5 Å². The normalized spacial score (nSPS) is 33.1. The molecule has 5 nitrogen and oxygen atoms in total. The molecule has 92 valence electrons. The molecule has 0 radical (unpaired) electrons. The fraction of sp³-hybridized carbons (Fsp3) is 0.750. The number of carbonyl (C=O) groups is 2. The topological polar surface area (TPSA) is 61.8 Å². The van der Waals surface area contributed by atoms with Crippen molar-refractivity contribution in [2.45, 2.75) is 38.1 Å². The molecule has 17 heavy (non-hydrogen) atoms. The second-order valence-corrected chi connectivity index (χ2v) is 5.20. The van der Waals surface area contributed by atoms with Crippen LogP contribution in [-0.2, 0) is 9.59 Å². The number of hydrogen-bond donors (Lipinski definition) is 1. The van der Waals surface area contributed by atoms with Crippen molar-refractivity contribution in [1.82, 2.24) is 10.3 Å². The summed E-state index contributed by atoms with van der Waals surface area (Å²) >= 11 is 0. The number of amides is 2. The van der Waals surface area contributed by atoms with Crippen molar-refractivity contribution < 1.29 is 9.59 Å². The Hall–Kier alpha value is -1.39. The third kappa shape index (κ3) is 1.73. The fourth-order valence-electron chi connectivity index (χ4n) is 3.05. The molecule has 1 saturated heterocycles. The lowest BCUT2D eigenvalue weighted by Gasteiger charge is -2.26. The van der Waals surface area contributed by atoms with E-state index in [1.54, 1.807) is 6.21 Å². The summed E-state index contributed by atoms with van der Waals surface area (Å²) in [6.45, 7) is 0.611. The zero-order valence-electron chi connectivity index (χ0n) is 9.76. The molecule has 3 aliphatic rings. The predicted molar refractivity (Wildman–Crippen MR) is 62.2 cm³/mol. The molecule has 0 bridgehead atoms. The van der Waals surface area contributed by atoms with Gasteiger partial charge in [0.1, 0.15) is 12.0 Å². The molecule has 2 amide bonds. The number of nitrogens with zero attached hydrogens (tertiary/aromatic N) is 2. The van der Waals surface area contributed by atoms with Gasteiger partial charge in [0.15, 0.2) is 0 Å². The van der Waals surface area contributed by atoms with Crippen LogP contribution in [0.2, 0.25) is 0 Å². The minimum Gasteiger partial charge on any atom is -0.297 e. The minimum absolute atomic E-state index is 0.0701. The first-order chi connectivity index (χ1) is 8.27. The molecule has 2 atom stereocenters. The third-order valence-corrected chi connectivity index (χ3v) is 4.06. The maximum atomic E-state index is 12.0. The van der Waals surface area contributed by atoms with Crippen LogP contribution in [0.5, 0.6) is 0 Å². The molecule has 3 rings (SSSR count). The molecule has 0 spiro atoms. The van der Waals surface area contributed by atoms with Crippen LogP contribution in [0.3, 0.4) is 0 Å². The lowest BCUT2D eigenvalue weighted by Crippen LogP contribution is -2.39. The molecule has 1 N–H and O–H groups in total. The standard InChI is InChI=1S/C12H17N3O2/c16-11-9-6-13-14-10(9)12(17)15(11)7-8-4-2-1-3-5-8/h6,8-10,14H,1-5,7H2. The highest BCUT2D eigenvalue weighted by atomic mass is 16.2. The van der Waals surface area contributed by atoms with Crippen molar-refractivity contribution in [3.63, 3.8) is 0 Å². The zero-order chi connectivity index (χ0) is 11.8. The predicted octanol–water partition coefficient (Wildman–Crippen LogP) is 0.509. The molecule has 2 fully saturated rings. The largest absolute Gasteiger partial charge is 0.297 e. The summed E-state index contributed by atoms with van der Waals surface area (Å²) in [4.78, 5) is 25.5. The second-order valence-electron chi connectivity index (χ2n) is 5.20. The van der Waals surface area contributed by atoms with E-state index in [4.69, 9.17) is 0 Å². The van der Waals surface area contributed by atoms with Crippen molar-refractivity contribution in [2.75, 3.05) is 6.54 Å². The van der Waals surface area contributed by atoms with E-state index >= 15 is 0 Å². The molecule has 0 aromatic carbocycles. The van der Waals surface area contributed by atoms with Gasteiger partial charge in [-0.3, -0.25) is 19.9 Å². The van der Waals surface area contributed by atoms with Crippen LogP contribution in [0.1, 0.15) is 32.1 Å². The molecule has 2 heterocycles. The van der Waals surface area contributed by atoms with Gasteiger partial charge in [0.25, 0.3) is 5.91 Å². The zero-order valence-corrected chi connectivity index (χ0v) is 9.76. The van der Waals surface area contributed by atoms with Gasteiger partial charge in [-0.1, -0.05) is 19.3 Å². The second kappa shape index (κ2) is 4.13. The van der Waals surface area contributed by atoms with Gasteiger partial charge in [-0.05, 0) is 18.8 Å². The first-order valence-electron chi connectivity index (χ1n) is 6.41. The number of hydrazone groups is 1. The number of rotatable bonds is 2. The summed E-state index contributed by atoms with van der Waals surface area (Å²) in [5.41, 5.74) is 2.72. The van der Waals surface area contributed by atoms with Crippen LogP contribution >= 0.6 is 0 Å². The Kier molecular flexibility index (Phi) is 2.61. The van der Waals surface area contributed by atoms with Gasteiger partial charge in [0.05, 0.1) is 0 Å². The van der Waals surface area contributed by atoms with Crippen molar-refractivity contribution in [3.8, 4) is 0 Å². The number of imide groups is 1. The SMILES string of the molecule is O=C1C2C=NNC2C(=O)N1CC1CCCCC1. The van der Waals surface area contributed by atoms with Gasteiger partial charge in [0, 0.05) is 12.8 Å². The first-order valence-corrected chi connectivity index (χ1v) is 6.41. The van der Waals surface area contributed by atoms with Crippen molar-refractivity contribution in [1.29, 1.82) is 0 Å². The molecule has 2 unspecified atom stereocenters. The number of nitrogens with one attached hydrogen (secondary N) is 1. The number of carbonyl (C=O) groups excluding carboxylic acids is 2. The molecular formula is C12H17N3O2. The molecule has 1 saturated carbocycles. The Morgan fingerprint density at radius 3 is 2.71 bits per heavy atom. The number of hydrogen-bond acceptors (Lipinski definition) is 4. The van der Waals surface area contributed by atoms with Gasteiger partial charge in [-0.15, -0.1) is 0 Å². The van der Waals surface area contributed by atoms with Crippen LogP contribution in [0.25, 0.3) is 0 Å². The van der Waals surface area contributed by atoms with E-state index in [9.17, 15) is 9.59 Å². The maximum Gasteiger partial charge on any atom is 0.254 e. The van der Waals surface area contributed by atoms with E-state index in [0.717, 1.165) is 12.8 Å². The van der Waals surface area contributed by atoms with Gasteiger partial charge >= 0.3 is 0 Å². The quantitative estimate of drug-likeness (QED) is 0.709. The lowest BCUT2D eigenvalue weighted by molar-refractivity contribution is -0.140. The average Bonchev–Trinajstić information content (AvgIpc) is 2.91. The van der Waals surface area contributed by atoms with Gasteiger partial charge in [-0.25, -0.2) is 0 Å². The molecule has 1 aliphatic carbocycles. The first kappa shape index (κ1) is 10.7. The Labute approximate surface area is 100 Å². The maximum absolute atomic E-state index is 12.0. The van der Waals surface area contributed by atoms with E-state index in [1.165, 1.54) is 24.2 Å². The van der Waals surface area contributed by atoms with E-state index in [0.29, 0.717) is 12.5 Å². The monoisotopic (exact) mass is 235 g/mol. The Balaban J connectivity index is 1.69. The van der Waals surface area contributed by atoms with Crippen molar-refractivity contribution in [3.05, 3.63) is 0 Å². The van der Waals surface area contributed by atoms with Crippen LogP contribution in [0, 0.1) is 11.8 Å². The Morgan fingerprint density at radius 1 is 1.24 bits per heavy atom. The van der Waals surface area contributed by atoms with Crippen LogP contribution in [0.15, 0.2) is 5.10 Å². The summed E-state index contributed by atoms with van der Waals surface area (Å²) in [5, 5.41) is 3.81. The summed E-state index contributed by atoms with van der Waals surface area (Å²) in [7, 11) is 0. The summed E-state index contributed by atoms with van der Waals surface area (Å²) in [5.74, 6) is -0.0131. The Morgan fingerprint density at radius 2 is 2.00 bits per heavy atom. The highest BCUT2D eigenvalue weighted by Gasteiger charge is 2.49. The highest BCUT2D eigenvalue weighted by molar-refractivity contribution is 6.14. The number of likely N-dealkylation sites (tertiary alicyclic amines) is 1. The van der Waals surface area contributed by atoms with E-state index in [-0.39, 0.29) is 17.7 Å². The van der Waals surface area contributed by atoms with E-state index in [2.05, 4.69) is 10.5 Å². The summed E-state index contributed by atoms with van der Waals surface area (Å²) in [6, 6.07) is -0.425.